The number of hydrazine groups is 1. The van der Waals surface area contributed by atoms with Crippen molar-refractivity contribution in [2.75, 3.05) is 10.7 Å². The lowest BCUT2D eigenvalue weighted by atomic mass is 10.1. The predicted octanol–water partition coefficient (Wildman–Crippen LogP) is 1.17. The van der Waals surface area contributed by atoms with Crippen molar-refractivity contribution in [3.05, 3.63) is 45.6 Å². The molecule has 9 nitrogen and oxygen atoms in total. The van der Waals surface area contributed by atoms with Crippen molar-refractivity contribution in [1.82, 2.24) is 9.78 Å². The third kappa shape index (κ3) is 2.98. The van der Waals surface area contributed by atoms with Gasteiger partial charge in [0.2, 0.25) is 0 Å². The van der Waals surface area contributed by atoms with Gasteiger partial charge in [-0.15, -0.1) is 0 Å². The van der Waals surface area contributed by atoms with E-state index in [-0.39, 0.29) is 16.9 Å². The molecule has 0 aliphatic rings. The molecule has 0 aliphatic carbocycles. The van der Waals surface area contributed by atoms with Crippen LogP contribution in [0.5, 0.6) is 0 Å². The number of aromatic nitrogens is 2. The molecule has 1 aromatic carbocycles. The van der Waals surface area contributed by atoms with Crippen molar-refractivity contribution in [1.29, 1.82) is 0 Å². The second kappa shape index (κ2) is 5.59. The molecule has 2 aromatic rings. The van der Waals surface area contributed by atoms with Gasteiger partial charge in [0.15, 0.2) is 0 Å². The summed E-state index contributed by atoms with van der Waals surface area (Å²) in [4.78, 5) is 22.4. The van der Waals surface area contributed by atoms with Crippen molar-refractivity contribution in [2.45, 2.75) is 6.92 Å². The number of nitrogens with two attached hydrogens (primary N) is 1. The standard InChI is InChI=1S/C12H14N6O3/c1-7-5-11(17(2)16-7)14-12(19)8-3-4-9(15-13)10(6-8)18(20)21/h3-6,15H,13H2,1-2H3,(H,14,19). The quantitative estimate of drug-likeness (QED) is 0.440. The Morgan fingerprint density at radius 2 is 2.14 bits per heavy atom. The average Bonchev–Trinajstić information content (AvgIpc) is 2.75. The number of hydrogen-bond donors (Lipinski definition) is 3. The minimum Gasteiger partial charge on any atom is -0.318 e. The number of nitro benzene ring substituents is 1. The summed E-state index contributed by atoms with van der Waals surface area (Å²) in [5, 5.41) is 17.7. The van der Waals surface area contributed by atoms with E-state index in [1.54, 1.807) is 20.0 Å². The highest BCUT2D eigenvalue weighted by Crippen LogP contribution is 2.25. The maximum atomic E-state index is 12.1. The van der Waals surface area contributed by atoms with Gasteiger partial charge in [0.05, 0.1) is 10.6 Å². The van der Waals surface area contributed by atoms with Crippen LogP contribution in [0.3, 0.4) is 0 Å². The van der Waals surface area contributed by atoms with Crippen LogP contribution in [0.4, 0.5) is 17.2 Å². The van der Waals surface area contributed by atoms with Gasteiger partial charge in [0.25, 0.3) is 11.6 Å². The van der Waals surface area contributed by atoms with Gasteiger partial charge in [-0.05, 0) is 19.1 Å². The third-order valence-corrected chi connectivity index (χ3v) is 2.86. The molecule has 0 fully saturated rings. The van der Waals surface area contributed by atoms with E-state index in [0.29, 0.717) is 5.82 Å². The topological polar surface area (TPSA) is 128 Å². The van der Waals surface area contributed by atoms with Crippen LogP contribution in [-0.2, 0) is 7.05 Å². The second-order valence-electron chi connectivity index (χ2n) is 4.38. The van der Waals surface area contributed by atoms with Crippen LogP contribution in [-0.4, -0.2) is 20.6 Å². The largest absolute Gasteiger partial charge is 0.318 e. The van der Waals surface area contributed by atoms with Crippen LogP contribution in [0.25, 0.3) is 0 Å². The highest BCUT2D eigenvalue weighted by Gasteiger charge is 2.17. The van der Waals surface area contributed by atoms with Crippen LogP contribution in [0, 0.1) is 17.0 Å². The van der Waals surface area contributed by atoms with Crippen molar-refractivity contribution < 1.29 is 9.72 Å². The van der Waals surface area contributed by atoms with E-state index in [2.05, 4.69) is 15.8 Å². The van der Waals surface area contributed by atoms with Crippen LogP contribution >= 0.6 is 0 Å². The molecule has 0 unspecified atom stereocenters. The number of nitrogens with one attached hydrogen (secondary N) is 2. The highest BCUT2D eigenvalue weighted by molar-refractivity contribution is 6.04. The Morgan fingerprint density at radius 1 is 1.43 bits per heavy atom. The zero-order chi connectivity index (χ0) is 15.6. The number of nitrogen functional groups attached to an aromatic ring is 1. The molecule has 110 valence electrons. The Hall–Kier alpha value is -2.94. The number of hydrogen-bond acceptors (Lipinski definition) is 6. The SMILES string of the molecule is Cc1cc(NC(=O)c2ccc(NN)c([N+](=O)[O-])c2)n(C)n1. The Labute approximate surface area is 119 Å². The molecule has 0 aliphatic heterocycles. The number of benzene rings is 1. The maximum Gasteiger partial charge on any atom is 0.294 e. The lowest BCUT2D eigenvalue weighted by Crippen LogP contribution is -2.15. The summed E-state index contributed by atoms with van der Waals surface area (Å²) in [6.07, 6.45) is 0. The molecule has 4 N–H and O–H groups in total. The summed E-state index contributed by atoms with van der Waals surface area (Å²) in [5.74, 6) is 5.23. The highest BCUT2D eigenvalue weighted by atomic mass is 16.6. The van der Waals surface area contributed by atoms with E-state index in [1.807, 2.05) is 0 Å². The fourth-order valence-electron chi connectivity index (χ4n) is 1.86. The van der Waals surface area contributed by atoms with Crippen LogP contribution in [0.2, 0.25) is 0 Å². The normalized spacial score (nSPS) is 10.2. The summed E-state index contributed by atoms with van der Waals surface area (Å²) in [7, 11) is 1.69. The minimum absolute atomic E-state index is 0.132. The van der Waals surface area contributed by atoms with Gasteiger partial charge < -0.3 is 10.7 Å². The van der Waals surface area contributed by atoms with Gasteiger partial charge in [-0.3, -0.25) is 25.4 Å². The van der Waals surface area contributed by atoms with Gasteiger partial charge in [-0.25, -0.2) is 0 Å². The summed E-state index contributed by atoms with van der Waals surface area (Å²) in [5.41, 5.74) is 2.98. The first-order valence-corrected chi connectivity index (χ1v) is 5.99. The van der Waals surface area contributed by atoms with Gasteiger partial charge in [-0.2, -0.15) is 5.10 Å². The lowest BCUT2D eigenvalue weighted by Gasteiger charge is -2.07. The summed E-state index contributed by atoms with van der Waals surface area (Å²) >= 11 is 0. The molecule has 9 heteroatoms. The number of anilines is 2. The van der Waals surface area contributed by atoms with E-state index in [9.17, 15) is 14.9 Å². The van der Waals surface area contributed by atoms with Crippen LogP contribution in [0.15, 0.2) is 24.3 Å². The number of nitrogens with zero attached hydrogens (tertiary/aromatic N) is 3. The number of nitro groups is 1. The Morgan fingerprint density at radius 3 is 2.67 bits per heavy atom. The maximum absolute atomic E-state index is 12.1. The third-order valence-electron chi connectivity index (χ3n) is 2.86. The van der Waals surface area contributed by atoms with Crippen molar-refractivity contribution in [2.24, 2.45) is 12.9 Å². The van der Waals surface area contributed by atoms with E-state index in [1.165, 1.54) is 16.8 Å². The lowest BCUT2D eigenvalue weighted by molar-refractivity contribution is -0.384. The van der Waals surface area contributed by atoms with E-state index < -0.39 is 10.8 Å². The second-order valence-corrected chi connectivity index (χ2v) is 4.38. The molecule has 2 rings (SSSR count). The summed E-state index contributed by atoms with van der Waals surface area (Å²) in [6, 6.07) is 5.68. The number of rotatable bonds is 4. The van der Waals surface area contributed by atoms with Gasteiger partial charge in [-0.1, -0.05) is 0 Å². The summed E-state index contributed by atoms with van der Waals surface area (Å²) in [6.45, 7) is 1.79. The fourth-order valence-corrected chi connectivity index (χ4v) is 1.86. The molecule has 1 amide bonds. The Bertz CT molecular complexity index is 709. The van der Waals surface area contributed by atoms with Gasteiger partial charge in [0.1, 0.15) is 11.5 Å². The smallest absolute Gasteiger partial charge is 0.294 e. The monoisotopic (exact) mass is 290 g/mol. The Balaban J connectivity index is 2.29. The number of amides is 1. The van der Waals surface area contributed by atoms with E-state index in [0.717, 1.165) is 11.8 Å². The van der Waals surface area contributed by atoms with Crippen molar-refractivity contribution in [3.63, 3.8) is 0 Å². The molecule has 0 saturated heterocycles. The van der Waals surface area contributed by atoms with Gasteiger partial charge in [0, 0.05) is 24.7 Å². The molecule has 1 aromatic heterocycles. The molecule has 0 radical (unpaired) electrons. The number of carbonyl (C=O) groups is 1. The molecule has 0 bridgehead atoms. The number of aryl methyl sites for hydroxylation is 2. The zero-order valence-corrected chi connectivity index (χ0v) is 11.5. The minimum atomic E-state index is -0.611. The fraction of sp³-hybridized carbons (Fsp3) is 0.167. The van der Waals surface area contributed by atoms with Crippen molar-refractivity contribution >= 4 is 23.1 Å². The molecule has 0 atom stereocenters. The zero-order valence-electron chi connectivity index (χ0n) is 11.5. The first-order chi connectivity index (χ1) is 9.92. The first kappa shape index (κ1) is 14.5. The average molecular weight is 290 g/mol. The molecular formula is C12H14N6O3. The van der Waals surface area contributed by atoms with E-state index in [4.69, 9.17) is 5.84 Å². The van der Waals surface area contributed by atoms with E-state index >= 15 is 0 Å². The van der Waals surface area contributed by atoms with Crippen LogP contribution in [0.1, 0.15) is 16.1 Å². The van der Waals surface area contributed by atoms with Gasteiger partial charge >= 0.3 is 0 Å². The predicted molar refractivity (Wildman–Crippen MR) is 76.8 cm³/mol. The first-order valence-electron chi connectivity index (χ1n) is 5.99. The molecule has 0 saturated carbocycles. The molecule has 21 heavy (non-hydrogen) atoms. The van der Waals surface area contributed by atoms with Crippen LogP contribution < -0.4 is 16.6 Å². The molecular weight excluding hydrogens is 276 g/mol. The summed E-state index contributed by atoms with van der Waals surface area (Å²) < 4.78 is 1.51. The van der Waals surface area contributed by atoms with Crippen molar-refractivity contribution in [3.8, 4) is 0 Å². The molecule has 0 spiro atoms. The number of carbonyl (C=O) groups excluding carboxylic acids is 1. The Kier molecular flexibility index (Phi) is 3.85. The molecule has 1 heterocycles.